The quantitative estimate of drug-likeness (QED) is 0.866. The second-order valence-electron chi connectivity index (χ2n) is 6.05. The molecule has 1 aliphatic heterocycles. The standard InChI is InChI=1S/C19H21FN2O2/c1-3-19(4-2)18(23)22(12-13-6-5-7-14(20)10-13)16-9-8-15(21)11-17(16)24-19/h5-11H,3-4,12,21H2,1-2H3. The molecule has 1 heterocycles. The minimum Gasteiger partial charge on any atom is -0.475 e. The maximum absolute atomic E-state index is 13.5. The second kappa shape index (κ2) is 6.15. The second-order valence-corrected chi connectivity index (χ2v) is 6.05. The highest BCUT2D eigenvalue weighted by Crippen LogP contribution is 2.42. The van der Waals surface area contributed by atoms with Crippen LogP contribution in [0.1, 0.15) is 32.3 Å². The molecular weight excluding hydrogens is 307 g/mol. The minimum atomic E-state index is -0.909. The molecule has 0 unspecified atom stereocenters. The molecular formula is C19H21FN2O2. The zero-order valence-electron chi connectivity index (χ0n) is 13.9. The van der Waals surface area contributed by atoms with Crippen LogP contribution in [0, 0.1) is 5.82 Å². The first-order chi connectivity index (χ1) is 11.5. The van der Waals surface area contributed by atoms with Crippen LogP contribution in [-0.4, -0.2) is 11.5 Å². The number of hydrogen-bond donors (Lipinski definition) is 1. The van der Waals surface area contributed by atoms with Gasteiger partial charge < -0.3 is 15.4 Å². The summed E-state index contributed by atoms with van der Waals surface area (Å²) in [5, 5.41) is 0. The van der Waals surface area contributed by atoms with E-state index < -0.39 is 5.60 Å². The van der Waals surface area contributed by atoms with Gasteiger partial charge in [0, 0.05) is 11.8 Å². The van der Waals surface area contributed by atoms with Gasteiger partial charge in [-0.3, -0.25) is 4.79 Å². The minimum absolute atomic E-state index is 0.103. The Morgan fingerprint density at radius 3 is 2.58 bits per heavy atom. The van der Waals surface area contributed by atoms with Crippen LogP contribution in [0.15, 0.2) is 42.5 Å². The Morgan fingerprint density at radius 1 is 1.17 bits per heavy atom. The van der Waals surface area contributed by atoms with Crippen LogP contribution in [-0.2, 0) is 11.3 Å². The summed E-state index contributed by atoms with van der Waals surface area (Å²) in [5.41, 5.74) is 6.94. The van der Waals surface area contributed by atoms with E-state index in [1.54, 1.807) is 29.2 Å². The van der Waals surface area contributed by atoms with Crippen molar-refractivity contribution in [3.05, 3.63) is 53.8 Å². The zero-order chi connectivity index (χ0) is 17.3. The van der Waals surface area contributed by atoms with E-state index in [0.29, 0.717) is 36.5 Å². The van der Waals surface area contributed by atoms with Crippen LogP contribution < -0.4 is 15.4 Å². The van der Waals surface area contributed by atoms with Crippen molar-refractivity contribution in [2.75, 3.05) is 10.6 Å². The number of nitrogens with zero attached hydrogens (tertiary/aromatic N) is 1. The lowest BCUT2D eigenvalue weighted by Gasteiger charge is -2.42. The number of halogens is 1. The number of hydrogen-bond acceptors (Lipinski definition) is 3. The highest BCUT2D eigenvalue weighted by molar-refractivity contribution is 6.03. The van der Waals surface area contributed by atoms with E-state index >= 15 is 0 Å². The number of fused-ring (bicyclic) bond motifs is 1. The summed E-state index contributed by atoms with van der Waals surface area (Å²) in [6.45, 7) is 4.15. The predicted octanol–water partition coefficient (Wildman–Crippen LogP) is 3.89. The summed E-state index contributed by atoms with van der Waals surface area (Å²) in [5.74, 6) is 0.173. The molecule has 0 saturated carbocycles. The van der Waals surface area contributed by atoms with E-state index in [4.69, 9.17) is 10.5 Å². The van der Waals surface area contributed by atoms with Crippen LogP contribution in [0.4, 0.5) is 15.8 Å². The van der Waals surface area contributed by atoms with Crippen molar-refractivity contribution in [2.24, 2.45) is 0 Å². The zero-order valence-corrected chi connectivity index (χ0v) is 13.9. The largest absolute Gasteiger partial charge is 0.475 e. The number of anilines is 2. The van der Waals surface area contributed by atoms with Gasteiger partial charge in [0.25, 0.3) is 5.91 Å². The van der Waals surface area contributed by atoms with Crippen molar-refractivity contribution in [3.63, 3.8) is 0 Å². The Morgan fingerprint density at radius 2 is 1.92 bits per heavy atom. The Balaban J connectivity index is 2.07. The van der Waals surface area contributed by atoms with E-state index in [9.17, 15) is 9.18 Å². The number of amides is 1. The van der Waals surface area contributed by atoms with Crippen LogP contribution in [0.25, 0.3) is 0 Å². The summed E-state index contributed by atoms with van der Waals surface area (Å²) < 4.78 is 19.6. The summed E-state index contributed by atoms with van der Waals surface area (Å²) in [7, 11) is 0. The lowest BCUT2D eigenvalue weighted by Crippen LogP contribution is -2.55. The summed E-state index contributed by atoms with van der Waals surface area (Å²) in [4.78, 5) is 14.8. The van der Waals surface area contributed by atoms with E-state index in [0.717, 1.165) is 5.56 Å². The highest BCUT2D eigenvalue weighted by atomic mass is 19.1. The van der Waals surface area contributed by atoms with Gasteiger partial charge in [-0.1, -0.05) is 26.0 Å². The smallest absolute Gasteiger partial charge is 0.271 e. The summed E-state index contributed by atoms with van der Waals surface area (Å²) in [6, 6.07) is 11.5. The maximum Gasteiger partial charge on any atom is 0.271 e. The van der Waals surface area contributed by atoms with Gasteiger partial charge in [-0.15, -0.1) is 0 Å². The SMILES string of the molecule is CCC1(CC)Oc2cc(N)ccc2N(Cc2cccc(F)c2)C1=O. The van der Waals surface area contributed by atoms with Gasteiger partial charge in [0.15, 0.2) is 5.60 Å². The molecule has 126 valence electrons. The van der Waals surface area contributed by atoms with Crippen LogP contribution in [0.3, 0.4) is 0 Å². The number of rotatable bonds is 4. The number of nitrogens with two attached hydrogens (primary N) is 1. The molecule has 2 aromatic carbocycles. The Labute approximate surface area is 141 Å². The molecule has 5 heteroatoms. The Bertz CT molecular complexity index is 772. The molecule has 0 aliphatic carbocycles. The molecule has 3 rings (SSSR count). The number of ether oxygens (including phenoxy) is 1. The third-order valence-corrected chi connectivity index (χ3v) is 4.59. The number of carbonyl (C=O) groups excluding carboxylic acids is 1. The summed E-state index contributed by atoms with van der Waals surface area (Å²) in [6.07, 6.45) is 1.10. The van der Waals surface area contributed by atoms with Gasteiger partial charge in [0.1, 0.15) is 11.6 Å². The average molecular weight is 328 g/mol. The van der Waals surface area contributed by atoms with E-state index in [-0.39, 0.29) is 11.7 Å². The van der Waals surface area contributed by atoms with Gasteiger partial charge in [0.05, 0.1) is 12.2 Å². The first-order valence-electron chi connectivity index (χ1n) is 8.14. The number of carbonyl (C=O) groups is 1. The monoisotopic (exact) mass is 328 g/mol. The molecule has 0 atom stereocenters. The number of nitrogen functional groups attached to an aromatic ring is 1. The Kier molecular flexibility index (Phi) is 4.18. The van der Waals surface area contributed by atoms with E-state index in [1.165, 1.54) is 12.1 Å². The maximum atomic E-state index is 13.5. The molecule has 0 aromatic heterocycles. The van der Waals surface area contributed by atoms with Crippen LogP contribution in [0.5, 0.6) is 5.75 Å². The average Bonchev–Trinajstić information content (AvgIpc) is 2.57. The van der Waals surface area contributed by atoms with Crippen molar-refractivity contribution < 1.29 is 13.9 Å². The first-order valence-corrected chi connectivity index (χ1v) is 8.14. The molecule has 0 spiro atoms. The van der Waals surface area contributed by atoms with Crippen LogP contribution >= 0.6 is 0 Å². The van der Waals surface area contributed by atoms with Gasteiger partial charge in [-0.25, -0.2) is 4.39 Å². The van der Waals surface area contributed by atoms with Crippen molar-refractivity contribution in [1.82, 2.24) is 0 Å². The predicted molar refractivity (Wildman–Crippen MR) is 92.4 cm³/mol. The fraction of sp³-hybridized carbons (Fsp3) is 0.316. The molecule has 2 aromatic rings. The van der Waals surface area contributed by atoms with Gasteiger partial charge >= 0.3 is 0 Å². The number of benzene rings is 2. The van der Waals surface area contributed by atoms with E-state index in [2.05, 4.69) is 0 Å². The fourth-order valence-corrected chi connectivity index (χ4v) is 3.12. The topological polar surface area (TPSA) is 55.6 Å². The molecule has 24 heavy (non-hydrogen) atoms. The van der Waals surface area contributed by atoms with E-state index in [1.807, 2.05) is 19.9 Å². The molecule has 0 bridgehead atoms. The summed E-state index contributed by atoms with van der Waals surface area (Å²) >= 11 is 0. The van der Waals surface area contributed by atoms with Gasteiger partial charge in [-0.2, -0.15) is 0 Å². The molecule has 0 saturated heterocycles. The lowest BCUT2D eigenvalue weighted by atomic mass is 9.92. The molecule has 2 N–H and O–H groups in total. The normalized spacial score (nSPS) is 15.8. The molecule has 4 nitrogen and oxygen atoms in total. The lowest BCUT2D eigenvalue weighted by molar-refractivity contribution is -0.136. The fourth-order valence-electron chi connectivity index (χ4n) is 3.12. The molecule has 0 radical (unpaired) electrons. The van der Waals surface area contributed by atoms with Crippen LogP contribution in [0.2, 0.25) is 0 Å². The first kappa shape index (κ1) is 16.3. The molecule has 0 fully saturated rings. The van der Waals surface area contributed by atoms with Crippen molar-refractivity contribution in [2.45, 2.75) is 38.8 Å². The Hall–Kier alpha value is -2.56. The van der Waals surface area contributed by atoms with Crippen molar-refractivity contribution >= 4 is 17.3 Å². The highest BCUT2D eigenvalue weighted by Gasteiger charge is 2.45. The van der Waals surface area contributed by atoms with Crippen molar-refractivity contribution in [3.8, 4) is 5.75 Å². The van der Waals surface area contributed by atoms with Gasteiger partial charge in [0.2, 0.25) is 0 Å². The third-order valence-electron chi connectivity index (χ3n) is 4.59. The third kappa shape index (κ3) is 2.70. The van der Waals surface area contributed by atoms with Gasteiger partial charge in [-0.05, 0) is 42.7 Å². The molecule has 1 aliphatic rings. The van der Waals surface area contributed by atoms with Crippen molar-refractivity contribution in [1.29, 1.82) is 0 Å². The molecule has 1 amide bonds.